The van der Waals surface area contributed by atoms with Crippen molar-refractivity contribution in [3.63, 3.8) is 0 Å². The maximum Gasteiger partial charge on any atom is 0.0830 e. The molecule has 3 nitrogen and oxygen atoms in total. The minimum absolute atomic E-state index is 0.519. The largest absolute Gasteiger partial charge is 0.370 e. The van der Waals surface area contributed by atoms with Gasteiger partial charge in [-0.2, -0.15) is 0 Å². The van der Waals surface area contributed by atoms with Crippen LogP contribution in [0.15, 0.2) is 23.7 Å². The summed E-state index contributed by atoms with van der Waals surface area (Å²) in [4.78, 5) is 7.03. The Morgan fingerprint density at radius 3 is 3.21 bits per heavy atom. The van der Waals surface area contributed by atoms with E-state index in [1.54, 1.807) is 0 Å². The van der Waals surface area contributed by atoms with Crippen LogP contribution in [0.5, 0.6) is 0 Å². The van der Waals surface area contributed by atoms with Gasteiger partial charge in [-0.3, -0.25) is 4.98 Å². The fraction of sp³-hybridized carbons (Fsp3) is 0.533. The van der Waals surface area contributed by atoms with Crippen LogP contribution in [0.4, 0.5) is 5.69 Å². The molecule has 2 aromatic heterocycles. The molecule has 2 aliphatic rings. The molecule has 2 saturated heterocycles. The quantitative estimate of drug-likeness (QED) is 0.866. The highest BCUT2D eigenvalue weighted by atomic mass is 32.1. The molecular weight excluding hydrogens is 254 g/mol. The summed E-state index contributed by atoms with van der Waals surface area (Å²) < 4.78 is 1.35. The molecule has 4 heteroatoms. The van der Waals surface area contributed by atoms with Crippen molar-refractivity contribution in [1.29, 1.82) is 0 Å². The lowest BCUT2D eigenvalue weighted by Gasteiger charge is -2.34. The van der Waals surface area contributed by atoms with Crippen molar-refractivity contribution < 1.29 is 0 Å². The minimum atomic E-state index is 0.519. The van der Waals surface area contributed by atoms with Gasteiger partial charge in [-0.05, 0) is 43.3 Å². The number of rotatable bonds is 1. The van der Waals surface area contributed by atoms with Gasteiger partial charge in [-0.25, -0.2) is 0 Å². The molecule has 0 aromatic carbocycles. The molecule has 1 N–H and O–H groups in total. The third-order valence-corrected chi connectivity index (χ3v) is 5.59. The van der Waals surface area contributed by atoms with Crippen LogP contribution >= 0.6 is 11.3 Å². The monoisotopic (exact) mass is 273 g/mol. The number of hydrogen-bond donors (Lipinski definition) is 1. The summed E-state index contributed by atoms with van der Waals surface area (Å²) in [7, 11) is 0. The number of piperidine rings is 1. The zero-order valence-corrected chi connectivity index (χ0v) is 11.9. The first kappa shape index (κ1) is 11.7. The first-order valence-electron chi connectivity index (χ1n) is 7.14. The lowest BCUT2D eigenvalue weighted by Crippen LogP contribution is -2.41. The number of hydrogen-bond acceptors (Lipinski definition) is 4. The van der Waals surface area contributed by atoms with Crippen LogP contribution in [0, 0.1) is 5.41 Å². The lowest BCUT2D eigenvalue weighted by atomic mass is 9.80. The van der Waals surface area contributed by atoms with E-state index in [2.05, 4.69) is 32.7 Å². The average molecular weight is 273 g/mol. The van der Waals surface area contributed by atoms with E-state index < -0.39 is 0 Å². The van der Waals surface area contributed by atoms with Crippen LogP contribution in [0.25, 0.3) is 10.2 Å². The predicted octanol–water partition coefficient (Wildman–Crippen LogP) is 2.88. The van der Waals surface area contributed by atoms with Gasteiger partial charge in [-0.15, -0.1) is 11.3 Å². The summed E-state index contributed by atoms with van der Waals surface area (Å²) in [5, 5.41) is 5.73. The summed E-state index contributed by atoms with van der Waals surface area (Å²) in [6.07, 6.45) is 6.00. The van der Waals surface area contributed by atoms with Crippen molar-refractivity contribution in [3.8, 4) is 0 Å². The number of nitrogens with zero attached hydrogens (tertiary/aromatic N) is 2. The van der Waals surface area contributed by atoms with E-state index in [1.807, 2.05) is 17.5 Å². The molecule has 0 radical (unpaired) electrons. The maximum absolute atomic E-state index is 4.45. The van der Waals surface area contributed by atoms with Gasteiger partial charge in [0.25, 0.3) is 0 Å². The molecule has 2 aromatic rings. The number of fused-ring (bicyclic) bond motifs is 1. The fourth-order valence-electron chi connectivity index (χ4n) is 3.63. The molecule has 0 aliphatic carbocycles. The summed E-state index contributed by atoms with van der Waals surface area (Å²) in [6, 6.07) is 4.31. The summed E-state index contributed by atoms with van der Waals surface area (Å²) in [5.41, 5.74) is 3.05. The van der Waals surface area contributed by atoms with Gasteiger partial charge >= 0.3 is 0 Å². The SMILES string of the molecule is c1cc(N2CC[C@@]3(CCCNC3)C2)c2sccc2n1. The second kappa shape index (κ2) is 4.46. The van der Waals surface area contributed by atoms with Crippen LogP contribution in [0.1, 0.15) is 19.3 Å². The van der Waals surface area contributed by atoms with Gasteiger partial charge in [0.1, 0.15) is 0 Å². The van der Waals surface area contributed by atoms with E-state index in [0.29, 0.717) is 5.41 Å². The summed E-state index contributed by atoms with van der Waals surface area (Å²) in [6.45, 7) is 4.80. The second-order valence-corrected chi connectivity index (χ2v) is 6.83. The highest BCUT2D eigenvalue weighted by Crippen LogP contribution is 2.40. The summed E-state index contributed by atoms with van der Waals surface area (Å²) >= 11 is 1.82. The van der Waals surface area contributed by atoms with Gasteiger partial charge in [0, 0.05) is 31.2 Å². The van der Waals surface area contributed by atoms with Gasteiger partial charge in [0.15, 0.2) is 0 Å². The Bertz CT molecular complexity index is 586. The van der Waals surface area contributed by atoms with E-state index >= 15 is 0 Å². The van der Waals surface area contributed by atoms with Crippen LogP contribution < -0.4 is 10.2 Å². The van der Waals surface area contributed by atoms with Gasteiger partial charge in [0.2, 0.25) is 0 Å². The highest BCUT2D eigenvalue weighted by Gasteiger charge is 2.39. The van der Waals surface area contributed by atoms with Gasteiger partial charge in [0.05, 0.1) is 15.9 Å². The van der Waals surface area contributed by atoms with Crippen molar-refractivity contribution in [1.82, 2.24) is 10.3 Å². The number of pyridine rings is 1. The molecule has 1 atom stereocenters. The van der Waals surface area contributed by atoms with E-state index in [9.17, 15) is 0 Å². The van der Waals surface area contributed by atoms with Crippen molar-refractivity contribution >= 4 is 27.2 Å². The Morgan fingerprint density at radius 1 is 1.32 bits per heavy atom. The molecule has 19 heavy (non-hydrogen) atoms. The number of nitrogens with one attached hydrogen (secondary N) is 1. The van der Waals surface area contributed by atoms with Crippen molar-refractivity contribution in [2.45, 2.75) is 19.3 Å². The van der Waals surface area contributed by atoms with Gasteiger partial charge in [-0.1, -0.05) is 0 Å². The molecule has 0 amide bonds. The van der Waals surface area contributed by atoms with E-state index in [1.165, 1.54) is 55.8 Å². The lowest BCUT2D eigenvalue weighted by molar-refractivity contribution is 0.239. The second-order valence-electron chi connectivity index (χ2n) is 5.92. The molecular formula is C15H19N3S. The van der Waals surface area contributed by atoms with Gasteiger partial charge < -0.3 is 10.2 Å². The third-order valence-electron chi connectivity index (χ3n) is 4.66. The van der Waals surface area contributed by atoms with Crippen molar-refractivity contribution in [2.24, 2.45) is 5.41 Å². The number of thiophene rings is 1. The molecule has 100 valence electrons. The average Bonchev–Trinajstić information content (AvgIpc) is 3.06. The molecule has 4 rings (SSSR count). The van der Waals surface area contributed by atoms with E-state index in [-0.39, 0.29) is 0 Å². The molecule has 2 aliphatic heterocycles. The summed E-state index contributed by atoms with van der Waals surface area (Å²) in [5.74, 6) is 0. The van der Waals surface area contributed by atoms with Crippen molar-refractivity contribution in [3.05, 3.63) is 23.7 Å². The standard InChI is InChI=1S/C15H19N3S/c1-4-15(10-16-6-1)5-8-18(11-15)13-2-7-17-12-3-9-19-14(12)13/h2-3,7,9,16H,1,4-6,8,10-11H2/t15-/m1/s1. The van der Waals surface area contributed by atoms with Crippen molar-refractivity contribution in [2.75, 3.05) is 31.1 Å². The van der Waals surface area contributed by atoms with E-state index in [0.717, 1.165) is 5.52 Å². The maximum atomic E-state index is 4.45. The Labute approximate surface area is 117 Å². The normalized spacial score (nSPS) is 27.5. The zero-order valence-electron chi connectivity index (χ0n) is 11.1. The van der Waals surface area contributed by atoms with Crippen LogP contribution in [-0.4, -0.2) is 31.2 Å². The first-order chi connectivity index (χ1) is 9.36. The molecule has 0 saturated carbocycles. The minimum Gasteiger partial charge on any atom is -0.370 e. The smallest absolute Gasteiger partial charge is 0.0830 e. The first-order valence-corrected chi connectivity index (χ1v) is 8.02. The Balaban J connectivity index is 1.65. The topological polar surface area (TPSA) is 28.2 Å². The molecule has 0 unspecified atom stereocenters. The molecule has 0 bridgehead atoms. The number of aromatic nitrogens is 1. The Kier molecular flexibility index (Phi) is 2.74. The van der Waals surface area contributed by atoms with E-state index in [4.69, 9.17) is 0 Å². The zero-order chi connectivity index (χ0) is 12.7. The molecule has 4 heterocycles. The molecule has 2 fully saturated rings. The Morgan fingerprint density at radius 2 is 2.32 bits per heavy atom. The van der Waals surface area contributed by atoms with Crippen LogP contribution in [0.2, 0.25) is 0 Å². The predicted molar refractivity (Wildman–Crippen MR) is 81.0 cm³/mol. The van der Waals surface area contributed by atoms with Crippen LogP contribution in [-0.2, 0) is 0 Å². The Hall–Kier alpha value is -1.13. The molecule has 1 spiro atoms. The highest BCUT2D eigenvalue weighted by molar-refractivity contribution is 7.17. The fourth-order valence-corrected chi connectivity index (χ4v) is 4.52. The van der Waals surface area contributed by atoms with Crippen LogP contribution in [0.3, 0.4) is 0 Å². The number of anilines is 1. The third kappa shape index (κ3) is 1.94.